The van der Waals surface area contributed by atoms with Crippen LogP contribution < -0.4 is 14.4 Å². The van der Waals surface area contributed by atoms with E-state index in [0.717, 1.165) is 55.5 Å². The number of ether oxygens (including phenoxy) is 1. The van der Waals surface area contributed by atoms with Gasteiger partial charge < -0.3 is 14.7 Å². The number of benzene rings is 2. The highest BCUT2D eigenvalue weighted by molar-refractivity contribution is 7.93. The molecule has 40 heavy (non-hydrogen) atoms. The summed E-state index contributed by atoms with van der Waals surface area (Å²) in [5, 5.41) is 11.7. The molecule has 1 aliphatic carbocycles. The smallest absolute Gasteiger partial charge is 0.265 e. The number of anilines is 1. The van der Waals surface area contributed by atoms with E-state index in [1.807, 2.05) is 24.3 Å². The molecule has 0 saturated heterocycles. The number of aryl methyl sites for hydroxylation is 1. The molecule has 2 heterocycles. The molecule has 1 fully saturated rings. The van der Waals surface area contributed by atoms with Crippen molar-refractivity contribution in [1.29, 1.82) is 0 Å². The van der Waals surface area contributed by atoms with Crippen molar-refractivity contribution in [2.45, 2.75) is 58.2 Å². The topological polar surface area (TPSA) is 95.9 Å². The summed E-state index contributed by atoms with van der Waals surface area (Å²) in [7, 11) is -4.10. The second kappa shape index (κ2) is 12.0. The first kappa shape index (κ1) is 28.7. The monoisotopic (exact) mass is 584 g/mol. The highest BCUT2D eigenvalue weighted by atomic mass is 35.5. The Kier molecular flexibility index (Phi) is 8.59. The largest absolute Gasteiger partial charge is 0.487 e. The van der Waals surface area contributed by atoms with Crippen molar-refractivity contribution in [1.82, 2.24) is 4.72 Å². The van der Waals surface area contributed by atoms with Crippen molar-refractivity contribution in [3.05, 3.63) is 81.7 Å². The van der Waals surface area contributed by atoms with Crippen LogP contribution in [-0.2, 0) is 23.1 Å². The third kappa shape index (κ3) is 6.24. The van der Waals surface area contributed by atoms with Crippen LogP contribution in [0.4, 0.5) is 5.69 Å². The molecule has 2 aromatic rings. The van der Waals surface area contributed by atoms with Gasteiger partial charge in [-0.25, -0.2) is 13.1 Å². The Labute approximate surface area is 241 Å². The molecular weight excluding hydrogens is 548 g/mol. The molecule has 2 aromatic carbocycles. The van der Waals surface area contributed by atoms with E-state index in [0.29, 0.717) is 30.3 Å². The number of sulfonamides is 1. The minimum Gasteiger partial charge on any atom is -0.487 e. The molecule has 1 saturated carbocycles. The predicted octanol–water partition coefficient (Wildman–Crippen LogP) is 5.62. The van der Waals surface area contributed by atoms with Gasteiger partial charge in [0.15, 0.2) is 0 Å². The molecule has 5 rings (SSSR count). The van der Waals surface area contributed by atoms with E-state index >= 15 is 0 Å². The van der Waals surface area contributed by atoms with Crippen LogP contribution in [0.2, 0.25) is 5.02 Å². The van der Waals surface area contributed by atoms with Crippen LogP contribution in [-0.4, -0.2) is 38.6 Å². The molecule has 9 heteroatoms. The van der Waals surface area contributed by atoms with Gasteiger partial charge in [0.05, 0.1) is 16.7 Å². The summed E-state index contributed by atoms with van der Waals surface area (Å²) in [6.07, 6.45) is 8.09. The lowest BCUT2D eigenvalue weighted by molar-refractivity contribution is 0.0461. The van der Waals surface area contributed by atoms with Crippen LogP contribution >= 0.6 is 11.6 Å². The number of carbonyl (C=O) groups excluding carboxylic acids is 1. The number of fused-ring (bicyclic) bond motifs is 3. The number of amides is 1. The fraction of sp³-hybridized carbons (Fsp3) is 0.452. The molecule has 1 amide bonds. The molecule has 2 aliphatic heterocycles. The first-order valence-electron chi connectivity index (χ1n) is 14.0. The van der Waals surface area contributed by atoms with Gasteiger partial charge in [0.2, 0.25) is 0 Å². The van der Waals surface area contributed by atoms with E-state index in [9.17, 15) is 18.3 Å². The number of nitrogens with zero attached hydrogens (tertiary/aromatic N) is 1. The molecule has 0 radical (unpaired) electrons. The number of hydrogen-bond acceptors (Lipinski definition) is 6. The van der Waals surface area contributed by atoms with E-state index in [2.05, 4.69) is 16.2 Å². The van der Waals surface area contributed by atoms with E-state index < -0.39 is 28.0 Å². The second-order valence-electron chi connectivity index (χ2n) is 11.2. The van der Waals surface area contributed by atoms with E-state index in [1.54, 1.807) is 31.2 Å². The van der Waals surface area contributed by atoms with Crippen LogP contribution in [0.3, 0.4) is 0 Å². The van der Waals surface area contributed by atoms with E-state index in [-0.39, 0.29) is 22.3 Å². The summed E-state index contributed by atoms with van der Waals surface area (Å²) in [5.41, 5.74) is 3.21. The quantitative estimate of drug-likeness (QED) is 0.390. The standard InChI is InChI=1S/C31H37ClN2O5S/c1-20-6-5-8-29(35)27-13-10-24(27)18-34-15-4-3-7-22-16-26(32)12-9-25(22)19-39-30-14-11-23(17-28(30)34)31(36)33-40(37,38)21(20)2/h5,8-9,11-12,14,16-17,20,24,27,29,35H,2-4,6-7,10,13,15,18-19H2,1H3,(H,33,36)/b8-5+/t20-,24?,27?,29?/m0/s1. The molecular formula is C31H37ClN2O5S. The third-order valence-electron chi connectivity index (χ3n) is 8.55. The normalized spacial score (nSPS) is 28.0. The second-order valence-corrected chi connectivity index (χ2v) is 13.4. The van der Waals surface area contributed by atoms with Crippen molar-refractivity contribution >= 4 is 33.2 Å². The molecule has 0 aromatic heterocycles. The zero-order valence-corrected chi connectivity index (χ0v) is 24.4. The predicted molar refractivity (Wildman–Crippen MR) is 158 cm³/mol. The first-order valence-corrected chi connectivity index (χ1v) is 15.9. The Hall–Kier alpha value is -2.81. The maximum Gasteiger partial charge on any atom is 0.265 e. The van der Waals surface area contributed by atoms with Crippen molar-refractivity contribution < 1.29 is 23.1 Å². The van der Waals surface area contributed by atoms with Crippen LogP contribution in [0.5, 0.6) is 5.75 Å². The molecule has 3 aliphatic rings. The first-order chi connectivity index (χ1) is 19.1. The molecule has 214 valence electrons. The minimum atomic E-state index is -4.10. The Morgan fingerprint density at radius 2 is 1.95 bits per heavy atom. The summed E-state index contributed by atoms with van der Waals surface area (Å²) in [6.45, 7) is 7.30. The van der Waals surface area contributed by atoms with Gasteiger partial charge in [-0.15, -0.1) is 0 Å². The summed E-state index contributed by atoms with van der Waals surface area (Å²) in [4.78, 5) is 15.4. The average molecular weight is 585 g/mol. The summed E-state index contributed by atoms with van der Waals surface area (Å²) in [6, 6.07) is 10.9. The summed E-state index contributed by atoms with van der Waals surface area (Å²) in [5.74, 6) is -0.103. The van der Waals surface area contributed by atoms with Gasteiger partial charge in [-0.2, -0.15) is 0 Å². The lowest BCUT2D eigenvalue weighted by atomic mass is 9.70. The van der Waals surface area contributed by atoms with Gasteiger partial charge in [-0.05, 0) is 97.7 Å². The number of carbonyl (C=O) groups is 1. The molecule has 3 unspecified atom stereocenters. The fourth-order valence-corrected chi connectivity index (χ4v) is 7.16. The number of allylic oxidation sites excluding steroid dienone is 2. The highest BCUT2D eigenvalue weighted by Crippen LogP contribution is 2.41. The lowest BCUT2D eigenvalue weighted by Crippen LogP contribution is -2.43. The van der Waals surface area contributed by atoms with Crippen LogP contribution in [0.1, 0.15) is 60.5 Å². The zero-order chi connectivity index (χ0) is 28.4. The summed E-state index contributed by atoms with van der Waals surface area (Å²) >= 11 is 6.29. The average Bonchev–Trinajstić information content (AvgIpc) is 2.92. The number of nitrogens with one attached hydrogen (secondary N) is 1. The van der Waals surface area contributed by atoms with Gasteiger partial charge in [0, 0.05) is 23.7 Å². The summed E-state index contributed by atoms with van der Waals surface area (Å²) < 4.78 is 34.5. The van der Waals surface area contributed by atoms with Crippen molar-refractivity contribution in [2.75, 3.05) is 18.0 Å². The third-order valence-corrected chi connectivity index (χ3v) is 10.3. The number of aliphatic hydroxyl groups is 1. The number of halogens is 1. The fourth-order valence-electron chi connectivity index (χ4n) is 5.84. The molecule has 7 nitrogen and oxygen atoms in total. The zero-order valence-electron chi connectivity index (χ0n) is 22.8. The van der Waals surface area contributed by atoms with Crippen molar-refractivity contribution in [3.8, 4) is 5.75 Å². The molecule has 4 atom stereocenters. The van der Waals surface area contributed by atoms with Crippen LogP contribution in [0.15, 0.2) is 60.0 Å². The van der Waals surface area contributed by atoms with E-state index in [4.69, 9.17) is 16.3 Å². The van der Waals surface area contributed by atoms with Gasteiger partial charge in [0.25, 0.3) is 15.9 Å². The van der Waals surface area contributed by atoms with Crippen molar-refractivity contribution in [2.24, 2.45) is 17.8 Å². The molecule has 0 spiro atoms. The van der Waals surface area contributed by atoms with Gasteiger partial charge in [-0.1, -0.05) is 43.3 Å². The molecule has 2 bridgehead atoms. The lowest BCUT2D eigenvalue weighted by Gasteiger charge is -2.42. The van der Waals surface area contributed by atoms with Crippen LogP contribution in [0, 0.1) is 17.8 Å². The van der Waals surface area contributed by atoms with E-state index in [1.165, 1.54) is 0 Å². The molecule has 2 N–H and O–H groups in total. The maximum absolute atomic E-state index is 13.2. The van der Waals surface area contributed by atoms with Crippen LogP contribution in [0.25, 0.3) is 0 Å². The SMILES string of the molecule is C=C1[C@@H](C)C/C=C/C(O)C2CCC2CN2CCCCc3cc(Cl)ccc3COc3ccc(cc32)C(=O)NS1(=O)=O. The van der Waals surface area contributed by atoms with Crippen molar-refractivity contribution in [3.63, 3.8) is 0 Å². The van der Waals surface area contributed by atoms with Gasteiger partial charge in [-0.3, -0.25) is 4.79 Å². The maximum atomic E-state index is 13.2. The number of rotatable bonds is 0. The minimum absolute atomic E-state index is 0.0624. The Morgan fingerprint density at radius 1 is 1.12 bits per heavy atom. The Morgan fingerprint density at radius 3 is 2.73 bits per heavy atom. The van der Waals surface area contributed by atoms with Gasteiger partial charge in [0.1, 0.15) is 12.4 Å². The highest BCUT2D eigenvalue weighted by Gasteiger charge is 2.37. The Balaban J connectivity index is 1.54. The Bertz CT molecular complexity index is 1420. The number of hydrogen-bond donors (Lipinski definition) is 2. The number of aliphatic hydroxyl groups excluding tert-OH is 1. The van der Waals surface area contributed by atoms with Gasteiger partial charge >= 0.3 is 0 Å².